The van der Waals surface area contributed by atoms with Crippen molar-refractivity contribution in [3.63, 3.8) is 0 Å². The Morgan fingerprint density at radius 3 is 2.85 bits per heavy atom. The van der Waals surface area contributed by atoms with Crippen molar-refractivity contribution in [2.75, 3.05) is 26.2 Å². The Bertz CT molecular complexity index is 420. The van der Waals surface area contributed by atoms with Crippen molar-refractivity contribution in [1.29, 1.82) is 0 Å². The maximum atomic E-state index is 8.84. The lowest BCUT2D eigenvalue weighted by molar-refractivity contribution is 0.279. The normalized spacial score (nSPS) is 15.0. The van der Waals surface area contributed by atoms with Crippen LogP contribution < -0.4 is 10.6 Å². The summed E-state index contributed by atoms with van der Waals surface area (Å²) in [7, 11) is 0. The van der Waals surface area contributed by atoms with E-state index < -0.39 is 0 Å². The molecule has 0 radical (unpaired) electrons. The van der Waals surface area contributed by atoms with Gasteiger partial charge >= 0.3 is 0 Å². The lowest BCUT2D eigenvalue weighted by atomic mass is 10.0. The second-order valence-electron chi connectivity index (χ2n) is 5.77. The van der Waals surface area contributed by atoms with Gasteiger partial charge in [0.15, 0.2) is 0 Å². The SMILES string of the molecule is CC(C)NCCN1Cc2cccc(CNCCO)c2C1. The first-order valence-corrected chi connectivity index (χ1v) is 7.57. The molecule has 1 aliphatic rings. The van der Waals surface area contributed by atoms with Crippen molar-refractivity contribution in [3.8, 4) is 0 Å². The molecule has 0 unspecified atom stereocenters. The van der Waals surface area contributed by atoms with Gasteiger partial charge in [0, 0.05) is 45.3 Å². The van der Waals surface area contributed by atoms with Crippen molar-refractivity contribution in [1.82, 2.24) is 15.5 Å². The standard InChI is InChI=1S/C16H27N3O/c1-13(2)18-6-8-19-11-15-5-3-4-14(16(15)12-19)10-17-7-9-20/h3-5,13,17-18,20H,6-12H2,1-2H3. The Morgan fingerprint density at radius 1 is 1.25 bits per heavy atom. The van der Waals surface area contributed by atoms with E-state index >= 15 is 0 Å². The van der Waals surface area contributed by atoms with Crippen molar-refractivity contribution in [3.05, 3.63) is 34.9 Å². The van der Waals surface area contributed by atoms with Crippen LogP contribution in [0.15, 0.2) is 18.2 Å². The van der Waals surface area contributed by atoms with Gasteiger partial charge in [0.2, 0.25) is 0 Å². The molecular formula is C16H27N3O. The van der Waals surface area contributed by atoms with Gasteiger partial charge in [0.05, 0.1) is 6.61 Å². The molecule has 3 N–H and O–H groups in total. The molecule has 20 heavy (non-hydrogen) atoms. The number of benzene rings is 1. The van der Waals surface area contributed by atoms with Gasteiger partial charge < -0.3 is 15.7 Å². The number of aliphatic hydroxyl groups excluding tert-OH is 1. The molecule has 0 aliphatic carbocycles. The van der Waals surface area contributed by atoms with Crippen molar-refractivity contribution < 1.29 is 5.11 Å². The zero-order chi connectivity index (χ0) is 14.4. The monoisotopic (exact) mass is 277 g/mol. The molecule has 0 atom stereocenters. The van der Waals surface area contributed by atoms with Gasteiger partial charge in [-0.15, -0.1) is 0 Å². The predicted octanol–water partition coefficient (Wildman–Crippen LogP) is 1.08. The van der Waals surface area contributed by atoms with Gasteiger partial charge in [-0.25, -0.2) is 0 Å². The minimum atomic E-state index is 0.196. The summed E-state index contributed by atoms with van der Waals surface area (Å²) in [6.07, 6.45) is 0. The second-order valence-corrected chi connectivity index (χ2v) is 5.77. The van der Waals surface area contributed by atoms with E-state index in [1.165, 1.54) is 16.7 Å². The Kier molecular flexibility index (Phi) is 5.98. The molecule has 0 amide bonds. The zero-order valence-electron chi connectivity index (χ0n) is 12.7. The largest absolute Gasteiger partial charge is 0.395 e. The predicted molar refractivity (Wildman–Crippen MR) is 82.5 cm³/mol. The molecule has 1 aromatic rings. The van der Waals surface area contributed by atoms with Gasteiger partial charge in [0.25, 0.3) is 0 Å². The highest BCUT2D eigenvalue weighted by atomic mass is 16.3. The van der Waals surface area contributed by atoms with Crippen LogP contribution in [-0.2, 0) is 19.6 Å². The highest BCUT2D eigenvalue weighted by Crippen LogP contribution is 2.25. The minimum Gasteiger partial charge on any atom is -0.395 e. The summed E-state index contributed by atoms with van der Waals surface area (Å²) in [5, 5.41) is 15.6. The molecule has 0 fully saturated rings. The fourth-order valence-corrected chi connectivity index (χ4v) is 2.70. The third kappa shape index (κ3) is 4.28. The molecule has 4 heteroatoms. The van der Waals surface area contributed by atoms with E-state index in [4.69, 9.17) is 5.11 Å². The summed E-state index contributed by atoms with van der Waals surface area (Å²) in [6, 6.07) is 7.13. The van der Waals surface area contributed by atoms with E-state index in [2.05, 4.69) is 47.6 Å². The van der Waals surface area contributed by atoms with E-state index in [-0.39, 0.29) is 6.61 Å². The van der Waals surface area contributed by atoms with E-state index in [1.807, 2.05) is 0 Å². The number of rotatable bonds is 8. The highest BCUT2D eigenvalue weighted by molar-refractivity contribution is 5.37. The lowest BCUT2D eigenvalue weighted by Crippen LogP contribution is -2.32. The molecule has 1 aromatic carbocycles. The number of hydrogen-bond acceptors (Lipinski definition) is 4. The van der Waals surface area contributed by atoms with Crippen molar-refractivity contribution in [2.24, 2.45) is 0 Å². The maximum absolute atomic E-state index is 8.84. The van der Waals surface area contributed by atoms with Crippen LogP contribution in [0.1, 0.15) is 30.5 Å². The van der Waals surface area contributed by atoms with Gasteiger partial charge in [-0.1, -0.05) is 32.0 Å². The first kappa shape index (κ1) is 15.4. The molecule has 0 spiro atoms. The number of hydrogen-bond donors (Lipinski definition) is 3. The molecule has 112 valence electrons. The molecule has 2 rings (SSSR count). The molecule has 1 aliphatic heterocycles. The van der Waals surface area contributed by atoms with E-state index in [0.717, 1.165) is 32.7 Å². The molecule has 0 saturated carbocycles. The van der Waals surface area contributed by atoms with Gasteiger partial charge in [-0.05, 0) is 16.7 Å². The van der Waals surface area contributed by atoms with Gasteiger partial charge in [0.1, 0.15) is 0 Å². The Hall–Kier alpha value is -0.940. The maximum Gasteiger partial charge on any atom is 0.0556 e. The number of fused-ring (bicyclic) bond motifs is 1. The zero-order valence-corrected chi connectivity index (χ0v) is 12.7. The fraction of sp³-hybridized carbons (Fsp3) is 0.625. The molecule has 0 aromatic heterocycles. The third-order valence-corrected chi connectivity index (χ3v) is 3.73. The second kappa shape index (κ2) is 7.74. The molecule has 0 saturated heterocycles. The molecule has 1 heterocycles. The number of aliphatic hydroxyl groups is 1. The summed E-state index contributed by atoms with van der Waals surface area (Å²) < 4.78 is 0. The number of nitrogens with zero attached hydrogens (tertiary/aromatic N) is 1. The average molecular weight is 277 g/mol. The van der Waals surface area contributed by atoms with Crippen LogP contribution >= 0.6 is 0 Å². The van der Waals surface area contributed by atoms with Crippen LogP contribution in [-0.4, -0.2) is 42.3 Å². The van der Waals surface area contributed by atoms with E-state index in [1.54, 1.807) is 0 Å². The van der Waals surface area contributed by atoms with Crippen LogP contribution in [0.2, 0.25) is 0 Å². The molecule has 0 bridgehead atoms. The smallest absolute Gasteiger partial charge is 0.0556 e. The summed E-state index contributed by atoms with van der Waals surface area (Å²) >= 11 is 0. The quantitative estimate of drug-likeness (QED) is 0.622. The summed E-state index contributed by atoms with van der Waals surface area (Å²) in [5.41, 5.74) is 4.30. The molecular weight excluding hydrogens is 250 g/mol. The average Bonchev–Trinajstić information content (AvgIpc) is 2.82. The van der Waals surface area contributed by atoms with E-state index in [0.29, 0.717) is 12.6 Å². The minimum absolute atomic E-state index is 0.196. The molecule has 4 nitrogen and oxygen atoms in total. The van der Waals surface area contributed by atoms with E-state index in [9.17, 15) is 0 Å². The van der Waals surface area contributed by atoms with Crippen LogP contribution in [0.5, 0.6) is 0 Å². The Balaban J connectivity index is 1.88. The fourth-order valence-electron chi connectivity index (χ4n) is 2.70. The summed E-state index contributed by atoms with van der Waals surface area (Å²) in [5.74, 6) is 0. The topological polar surface area (TPSA) is 47.5 Å². The van der Waals surface area contributed by atoms with Gasteiger partial charge in [-0.3, -0.25) is 4.90 Å². The highest BCUT2D eigenvalue weighted by Gasteiger charge is 2.20. The summed E-state index contributed by atoms with van der Waals surface area (Å²) in [6.45, 7) is 10.3. The van der Waals surface area contributed by atoms with Crippen molar-refractivity contribution in [2.45, 2.75) is 39.5 Å². The lowest BCUT2D eigenvalue weighted by Gasteiger charge is -2.16. The van der Waals surface area contributed by atoms with Crippen molar-refractivity contribution >= 4 is 0 Å². The Morgan fingerprint density at radius 2 is 2.10 bits per heavy atom. The summed E-state index contributed by atoms with van der Waals surface area (Å²) in [4.78, 5) is 2.50. The third-order valence-electron chi connectivity index (χ3n) is 3.73. The van der Waals surface area contributed by atoms with Crippen LogP contribution in [0, 0.1) is 0 Å². The van der Waals surface area contributed by atoms with Crippen LogP contribution in [0.3, 0.4) is 0 Å². The van der Waals surface area contributed by atoms with Gasteiger partial charge in [-0.2, -0.15) is 0 Å². The number of nitrogens with one attached hydrogen (secondary N) is 2. The Labute approximate surface area is 122 Å². The van der Waals surface area contributed by atoms with Crippen LogP contribution in [0.4, 0.5) is 0 Å². The first-order valence-electron chi connectivity index (χ1n) is 7.57. The first-order chi connectivity index (χ1) is 9.70. The van der Waals surface area contributed by atoms with Crippen LogP contribution in [0.25, 0.3) is 0 Å².